The van der Waals surface area contributed by atoms with Crippen LogP contribution in [0.2, 0.25) is 0 Å². The van der Waals surface area contributed by atoms with E-state index in [1.54, 1.807) is 6.07 Å². The maximum absolute atomic E-state index is 14.8. The first-order chi connectivity index (χ1) is 17.7. The average Bonchev–Trinajstić information content (AvgIpc) is 2.92. The highest BCUT2D eigenvalue weighted by atomic mass is 19.1. The lowest BCUT2D eigenvalue weighted by Crippen LogP contribution is -2.06. The number of hydrogen-bond donors (Lipinski definition) is 0. The lowest BCUT2D eigenvalue weighted by atomic mass is 9.84. The Morgan fingerprint density at radius 2 is 1.61 bits per heavy atom. The number of unbranched alkanes of at least 4 members (excludes halogenated alkanes) is 2. The van der Waals surface area contributed by atoms with Gasteiger partial charge in [-0.1, -0.05) is 106 Å². The summed E-state index contributed by atoms with van der Waals surface area (Å²) in [6.07, 6.45) is 16.5. The average molecular weight is 483 g/mol. The highest BCUT2D eigenvalue weighted by molar-refractivity contribution is 5.66. The molecule has 4 rings (SSSR count). The molecule has 3 aromatic carbocycles. The number of hydrogen-bond acceptors (Lipinski definition) is 1. The highest BCUT2D eigenvalue weighted by Gasteiger charge is 2.16. The molecule has 188 valence electrons. The van der Waals surface area contributed by atoms with Crippen molar-refractivity contribution in [2.45, 2.75) is 64.7 Å². The van der Waals surface area contributed by atoms with E-state index >= 15 is 0 Å². The Labute approximate surface area is 216 Å². The summed E-state index contributed by atoms with van der Waals surface area (Å²) < 4.78 is 20.7. The molecule has 0 aromatic heterocycles. The van der Waals surface area contributed by atoms with E-state index in [1.807, 2.05) is 18.2 Å². The largest absolute Gasteiger partial charge is 0.494 e. The van der Waals surface area contributed by atoms with Gasteiger partial charge in [0.25, 0.3) is 0 Å². The summed E-state index contributed by atoms with van der Waals surface area (Å²) in [5.41, 5.74) is 5.28. The molecule has 3 aromatic rings. The summed E-state index contributed by atoms with van der Waals surface area (Å²) >= 11 is 0. The molecule has 0 saturated heterocycles. The van der Waals surface area contributed by atoms with Crippen molar-refractivity contribution in [3.05, 3.63) is 107 Å². The van der Waals surface area contributed by atoms with Gasteiger partial charge in [-0.2, -0.15) is 0 Å². The number of aryl methyl sites for hydroxylation is 1. The van der Waals surface area contributed by atoms with Gasteiger partial charge in [0.2, 0.25) is 0 Å². The predicted octanol–water partition coefficient (Wildman–Crippen LogP) is 9.78. The Morgan fingerprint density at radius 1 is 0.833 bits per heavy atom. The Kier molecular flexibility index (Phi) is 9.55. The normalized spacial score (nSPS) is 17.5. The topological polar surface area (TPSA) is 9.23 Å². The molecule has 0 aliphatic heterocycles. The van der Waals surface area contributed by atoms with E-state index in [9.17, 15) is 4.39 Å². The molecular weight excluding hydrogens is 443 g/mol. The van der Waals surface area contributed by atoms with Crippen LogP contribution in [-0.4, -0.2) is 6.61 Å². The zero-order valence-electron chi connectivity index (χ0n) is 21.8. The molecule has 0 saturated carbocycles. The van der Waals surface area contributed by atoms with Gasteiger partial charge in [-0.15, -0.1) is 0 Å². The van der Waals surface area contributed by atoms with Crippen molar-refractivity contribution in [2.24, 2.45) is 5.92 Å². The van der Waals surface area contributed by atoms with Crippen molar-refractivity contribution >= 4 is 6.08 Å². The summed E-state index contributed by atoms with van der Waals surface area (Å²) in [6, 6.07) is 22.6. The lowest BCUT2D eigenvalue weighted by Gasteiger charge is -2.21. The fourth-order valence-electron chi connectivity index (χ4n) is 4.85. The molecule has 0 radical (unpaired) electrons. The van der Waals surface area contributed by atoms with Crippen molar-refractivity contribution in [3.8, 4) is 16.9 Å². The van der Waals surface area contributed by atoms with Gasteiger partial charge in [0.15, 0.2) is 0 Å². The third-order valence-corrected chi connectivity index (χ3v) is 7.08. The minimum absolute atomic E-state index is 0.170. The van der Waals surface area contributed by atoms with Gasteiger partial charge in [-0.05, 0) is 72.1 Å². The molecule has 0 bridgehead atoms. The second kappa shape index (κ2) is 13.3. The summed E-state index contributed by atoms with van der Waals surface area (Å²) in [4.78, 5) is 0. The first-order valence-electron chi connectivity index (χ1n) is 13.6. The lowest BCUT2D eigenvalue weighted by molar-refractivity contribution is 0.306. The zero-order valence-corrected chi connectivity index (χ0v) is 21.8. The molecule has 0 heterocycles. The molecular formula is C34H39FO. The second-order valence-corrected chi connectivity index (χ2v) is 9.90. The van der Waals surface area contributed by atoms with Crippen LogP contribution in [0.25, 0.3) is 17.2 Å². The molecule has 1 nitrogen and oxygen atoms in total. The number of benzene rings is 3. The van der Waals surface area contributed by atoms with E-state index in [0.717, 1.165) is 55.6 Å². The third kappa shape index (κ3) is 7.20. The van der Waals surface area contributed by atoms with Crippen LogP contribution >= 0.6 is 0 Å². The van der Waals surface area contributed by atoms with E-state index in [0.29, 0.717) is 17.4 Å². The monoisotopic (exact) mass is 482 g/mol. The number of halogens is 1. The SMILES string of the molecule is CCCCCOc1ccc(C2C=CC(/C=C/c3ccc(-c4ccc(CCC)cc4)cc3F)CC2)cc1. The Morgan fingerprint density at radius 3 is 2.28 bits per heavy atom. The molecule has 2 atom stereocenters. The highest BCUT2D eigenvalue weighted by Crippen LogP contribution is 2.32. The number of ether oxygens (including phenoxy) is 1. The molecule has 2 unspecified atom stereocenters. The van der Waals surface area contributed by atoms with Gasteiger partial charge in [-0.3, -0.25) is 0 Å². The van der Waals surface area contributed by atoms with Gasteiger partial charge in [-0.25, -0.2) is 4.39 Å². The first kappa shape index (κ1) is 25.9. The van der Waals surface area contributed by atoms with Gasteiger partial charge in [0.1, 0.15) is 11.6 Å². The second-order valence-electron chi connectivity index (χ2n) is 9.90. The molecule has 2 heteroatoms. The van der Waals surface area contributed by atoms with Crippen molar-refractivity contribution < 1.29 is 9.13 Å². The molecule has 0 spiro atoms. The molecule has 0 N–H and O–H groups in total. The fraction of sp³-hybridized carbons (Fsp3) is 0.353. The Hall–Kier alpha value is -3.13. The minimum Gasteiger partial charge on any atom is -0.494 e. The number of allylic oxidation sites excluding steroid dienone is 3. The van der Waals surface area contributed by atoms with E-state index in [1.165, 1.54) is 24.0 Å². The van der Waals surface area contributed by atoms with Gasteiger partial charge >= 0.3 is 0 Å². The standard InChI is InChI=1S/C34H39FO/c1-3-5-6-24-36-33-22-20-29(21-23-33)28-13-10-27(11-14-28)12-17-31-18-19-32(25-34(31)35)30-15-8-26(7-4-2)9-16-30/h8-10,12-13,15-23,25,27-28H,3-7,11,14,24H2,1-2H3/b17-12+. The quantitative estimate of drug-likeness (QED) is 0.195. The zero-order chi connectivity index (χ0) is 25.2. The molecule has 0 amide bonds. The molecule has 1 aliphatic rings. The molecule has 36 heavy (non-hydrogen) atoms. The Balaban J connectivity index is 1.32. The van der Waals surface area contributed by atoms with E-state index in [4.69, 9.17) is 4.74 Å². The van der Waals surface area contributed by atoms with Crippen molar-refractivity contribution in [1.29, 1.82) is 0 Å². The maximum Gasteiger partial charge on any atom is 0.131 e. The van der Waals surface area contributed by atoms with Crippen LogP contribution in [0.15, 0.2) is 85.0 Å². The van der Waals surface area contributed by atoms with Crippen molar-refractivity contribution in [2.75, 3.05) is 6.61 Å². The van der Waals surface area contributed by atoms with Gasteiger partial charge < -0.3 is 4.74 Å². The van der Waals surface area contributed by atoms with Crippen LogP contribution in [0.4, 0.5) is 4.39 Å². The molecule has 0 fully saturated rings. The predicted molar refractivity (Wildman–Crippen MR) is 151 cm³/mol. The van der Waals surface area contributed by atoms with Crippen LogP contribution < -0.4 is 4.74 Å². The minimum atomic E-state index is -0.170. The van der Waals surface area contributed by atoms with E-state index in [-0.39, 0.29) is 5.82 Å². The van der Waals surface area contributed by atoms with Crippen LogP contribution in [-0.2, 0) is 6.42 Å². The maximum atomic E-state index is 14.8. The van der Waals surface area contributed by atoms with Crippen molar-refractivity contribution in [3.63, 3.8) is 0 Å². The summed E-state index contributed by atoms with van der Waals surface area (Å²) in [6.45, 7) is 5.18. The number of rotatable bonds is 11. The van der Waals surface area contributed by atoms with Crippen LogP contribution in [0.1, 0.15) is 75.0 Å². The van der Waals surface area contributed by atoms with Crippen LogP contribution in [0, 0.1) is 11.7 Å². The first-order valence-corrected chi connectivity index (χ1v) is 13.6. The van der Waals surface area contributed by atoms with Gasteiger partial charge in [0, 0.05) is 11.5 Å². The van der Waals surface area contributed by atoms with Gasteiger partial charge in [0.05, 0.1) is 6.61 Å². The Bertz CT molecular complexity index is 1140. The van der Waals surface area contributed by atoms with Crippen LogP contribution in [0.5, 0.6) is 5.75 Å². The smallest absolute Gasteiger partial charge is 0.131 e. The fourth-order valence-corrected chi connectivity index (χ4v) is 4.85. The molecule has 1 aliphatic carbocycles. The summed E-state index contributed by atoms with van der Waals surface area (Å²) in [7, 11) is 0. The third-order valence-electron chi connectivity index (χ3n) is 7.08. The van der Waals surface area contributed by atoms with Crippen LogP contribution in [0.3, 0.4) is 0 Å². The van der Waals surface area contributed by atoms with E-state index in [2.05, 4.69) is 80.6 Å². The summed E-state index contributed by atoms with van der Waals surface area (Å²) in [5.74, 6) is 1.56. The van der Waals surface area contributed by atoms with E-state index < -0.39 is 0 Å². The summed E-state index contributed by atoms with van der Waals surface area (Å²) in [5, 5.41) is 0. The van der Waals surface area contributed by atoms with Crippen molar-refractivity contribution in [1.82, 2.24) is 0 Å².